The zero-order valence-electron chi connectivity index (χ0n) is 23.6. The fourth-order valence-corrected chi connectivity index (χ4v) is 5.77. The molecule has 1 aliphatic heterocycles. The second-order valence-corrected chi connectivity index (χ2v) is 10.9. The van der Waals surface area contributed by atoms with Gasteiger partial charge in [-0.25, -0.2) is 19.6 Å². The van der Waals surface area contributed by atoms with Crippen LogP contribution in [0.25, 0.3) is 32.7 Å². The van der Waals surface area contributed by atoms with E-state index >= 15 is 0 Å². The van der Waals surface area contributed by atoms with Gasteiger partial charge in [0.2, 0.25) is 5.43 Å². The fraction of sp³-hybridized carbons (Fsp3) is 0.357. The Kier molecular flexibility index (Phi) is 8.94. The minimum absolute atomic E-state index is 0.0144. The van der Waals surface area contributed by atoms with Crippen LogP contribution in [0.2, 0.25) is 0 Å². The normalized spacial score (nSPS) is 14.8. The summed E-state index contributed by atoms with van der Waals surface area (Å²) >= 11 is 0.740. The zero-order chi connectivity index (χ0) is 31.6. The van der Waals surface area contributed by atoms with Crippen LogP contribution < -0.4 is 16.1 Å². The number of aromatic nitrogens is 4. The average molecular weight is 632 g/mol. The summed E-state index contributed by atoms with van der Waals surface area (Å²) in [5, 5.41) is 15.8. The van der Waals surface area contributed by atoms with Gasteiger partial charge in [-0.1, -0.05) is 0 Å². The van der Waals surface area contributed by atoms with Crippen molar-refractivity contribution in [1.29, 1.82) is 0 Å². The first-order valence-electron chi connectivity index (χ1n) is 13.6. The summed E-state index contributed by atoms with van der Waals surface area (Å²) in [4.78, 5) is 52.2. The quantitative estimate of drug-likeness (QED) is 0.260. The molecular weight excluding hydrogens is 603 g/mol. The number of rotatable bonds is 8. The van der Waals surface area contributed by atoms with Crippen LogP contribution in [-0.4, -0.2) is 80.4 Å². The molecule has 4 aromatic rings. The second kappa shape index (κ2) is 12.7. The molecule has 0 saturated carbocycles. The Morgan fingerprint density at radius 3 is 2.57 bits per heavy atom. The van der Waals surface area contributed by atoms with Crippen LogP contribution in [0, 0.1) is 0 Å². The van der Waals surface area contributed by atoms with Gasteiger partial charge in [-0.3, -0.25) is 20.0 Å². The standard InChI is InChI=1S/C28H28F3N7O5S/c1-3-32-27(42)36-23-9-16(25-35-22(14-44-25)28(29,30)31)18(10-34-23)20-8-17-21(11-33-20)38(13-19(24(17)39)26(40)41)12-15(2)37-4-6-43-7-5-37/h8-11,13-15H,3-7,12H2,1-2H3,(H,40,41)(H2,32,34,36,42). The molecular formula is C28H28F3N7O5S. The molecule has 12 nitrogen and oxygen atoms in total. The van der Waals surface area contributed by atoms with Gasteiger partial charge in [0.05, 0.1) is 36.0 Å². The summed E-state index contributed by atoms with van der Waals surface area (Å²) in [6, 6.07) is 2.19. The number of anilines is 1. The van der Waals surface area contributed by atoms with Crippen molar-refractivity contribution in [2.24, 2.45) is 0 Å². The van der Waals surface area contributed by atoms with Gasteiger partial charge in [0.1, 0.15) is 16.4 Å². The van der Waals surface area contributed by atoms with Crippen LogP contribution in [0.5, 0.6) is 0 Å². The number of carbonyl (C=O) groups excluding carboxylic acids is 1. The van der Waals surface area contributed by atoms with E-state index < -0.39 is 34.9 Å². The van der Waals surface area contributed by atoms with E-state index in [-0.39, 0.29) is 39.1 Å². The first-order valence-corrected chi connectivity index (χ1v) is 14.5. The molecule has 1 fully saturated rings. The number of alkyl halides is 3. The van der Waals surface area contributed by atoms with Gasteiger partial charge in [0.25, 0.3) is 0 Å². The fourth-order valence-electron chi connectivity index (χ4n) is 4.91. The predicted octanol–water partition coefficient (Wildman–Crippen LogP) is 4.16. The van der Waals surface area contributed by atoms with Crippen molar-refractivity contribution < 1.29 is 32.6 Å². The number of aromatic carboxylic acids is 1. The van der Waals surface area contributed by atoms with Crippen molar-refractivity contribution in [3.8, 4) is 21.8 Å². The van der Waals surface area contributed by atoms with Crippen molar-refractivity contribution in [2.75, 3.05) is 38.2 Å². The van der Waals surface area contributed by atoms with E-state index in [2.05, 4.69) is 30.5 Å². The maximum absolute atomic E-state index is 13.4. The highest BCUT2D eigenvalue weighted by molar-refractivity contribution is 7.13. The number of carboxylic acids is 1. The van der Waals surface area contributed by atoms with Crippen LogP contribution in [0.15, 0.2) is 40.9 Å². The average Bonchev–Trinajstić information content (AvgIpc) is 3.50. The van der Waals surface area contributed by atoms with E-state index in [0.29, 0.717) is 44.9 Å². The molecule has 1 aliphatic rings. The number of carbonyl (C=O) groups is 2. The molecule has 44 heavy (non-hydrogen) atoms. The van der Waals surface area contributed by atoms with Crippen LogP contribution in [-0.2, 0) is 17.5 Å². The Morgan fingerprint density at radius 2 is 1.91 bits per heavy atom. The van der Waals surface area contributed by atoms with Crippen molar-refractivity contribution in [3.05, 3.63) is 57.6 Å². The van der Waals surface area contributed by atoms with Crippen LogP contribution in [0.3, 0.4) is 0 Å². The topological polar surface area (TPSA) is 152 Å². The zero-order valence-corrected chi connectivity index (χ0v) is 24.5. The number of morpholine rings is 1. The molecule has 16 heteroatoms. The lowest BCUT2D eigenvalue weighted by molar-refractivity contribution is -0.140. The van der Waals surface area contributed by atoms with Gasteiger partial charge in [-0.15, -0.1) is 11.3 Å². The van der Waals surface area contributed by atoms with E-state index in [9.17, 15) is 32.7 Å². The number of nitrogens with zero attached hydrogens (tertiary/aromatic N) is 5. The Bertz CT molecular complexity index is 1770. The molecule has 1 atom stereocenters. The van der Waals surface area contributed by atoms with E-state index in [1.54, 1.807) is 11.5 Å². The number of thiazole rings is 1. The van der Waals surface area contributed by atoms with E-state index in [4.69, 9.17) is 4.74 Å². The third kappa shape index (κ3) is 6.56. The summed E-state index contributed by atoms with van der Waals surface area (Å²) in [6.45, 7) is 6.99. The van der Waals surface area contributed by atoms with E-state index in [1.165, 1.54) is 30.7 Å². The molecule has 0 aromatic carbocycles. The Labute approximate surface area is 252 Å². The molecule has 5 heterocycles. The number of halogens is 3. The summed E-state index contributed by atoms with van der Waals surface area (Å²) in [6.07, 6.45) is -0.645. The van der Waals surface area contributed by atoms with Crippen LogP contribution in [0.4, 0.5) is 23.8 Å². The highest BCUT2D eigenvalue weighted by Crippen LogP contribution is 2.38. The minimum Gasteiger partial charge on any atom is -0.477 e. The van der Waals surface area contributed by atoms with Gasteiger partial charge in [-0.05, 0) is 26.0 Å². The van der Waals surface area contributed by atoms with Crippen LogP contribution in [0.1, 0.15) is 29.9 Å². The first kappa shape index (κ1) is 31.0. The largest absolute Gasteiger partial charge is 0.477 e. The monoisotopic (exact) mass is 631 g/mol. The Morgan fingerprint density at radius 1 is 1.16 bits per heavy atom. The van der Waals surface area contributed by atoms with Gasteiger partial charge in [-0.2, -0.15) is 13.2 Å². The molecule has 3 N–H and O–H groups in total. The van der Waals surface area contributed by atoms with Crippen molar-refractivity contribution >= 4 is 40.1 Å². The molecule has 2 amide bonds. The molecule has 1 saturated heterocycles. The summed E-state index contributed by atoms with van der Waals surface area (Å²) in [5.74, 6) is -1.35. The predicted molar refractivity (Wildman–Crippen MR) is 157 cm³/mol. The molecule has 0 bridgehead atoms. The lowest BCUT2D eigenvalue weighted by Gasteiger charge is -2.33. The molecule has 1 unspecified atom stereocenters. The Hall–Kier alpha value is -4.41. The number of urea groups is 1. The molecule has 0 radical (unpaired) electrons. The number of amides is 2. The lowest BCUT2D eigenvalue weighted by Crippen LogP contribution is -2.44. The van der Waals surface area contributed by atoms with Gasteiger partial charge in [0.15, 0.2) is 5.69 Å². The minimum atomic E-state index is -4.68. The number of hydrogen-bond acceptors (Lipinski definition) is 9. The maximum Gasteiger partial charge on any atom is 0.434 e. The molecule has 4 aromatic heterocycles. The number of nitrogens with one attached hydrogen (secondary N) is 2. The maximum atomic E-state index is 13.4. The molecule has 5 rings (SSSR count). The third-order valence-electron chi connectivity index (χ3n) is 7.11. The SMILES string of the molecule is CCNC(=O)Nc1cc(-c2nc(C(F)(F)F)cs2)c(-c2cc3c(=O)c(C(=O)O)cn(CC(C)N4CCOCC4)c3cn2)cn1. The second-order valence-electron chi connectivity index (χ2n) is 10.0. The number of pyridine rings is 3. The molecule has 232 valence electrons. The first-order chi connectivity index (χ1) is 21.0. The highest BCUT2D eigenvalue weighted by Gasteiger charge is 2.34. The van der Waals surface area contributed by atoms with Gasteiger partial charge < -0.3 is 19.7 Å². The van der Waals surface area contributed by atoms with Crippen molar-refractivity contribution in [2.45, 2.75) is 32.6 Å². The van der Waals surface area contributed by atoms with Gasteiger partial charge in [0, 0.05) is 61.1 Å². The number of fused-ring (bicyclic) bond motifs is 1. The lowest BCUT2D eigenvalue weighted by atomic mass is 10.0. The highest BCUT2D eigenvalue weighted by atomic mass is 32.1. The smallest absolute Gasteiger partial charge is 0.434 e. The number of hydrogen-bond donors (Lipinski definition) is 3. The summed E-state index contributed by atoms with van der Waals surface area (Å²) < 4.78 is 47.3. The van der Waals surface area contributed by atoms with Crippen molar-refractivity contribution in [1.82, 2.24) is 29.7 Å². The van der Waals surface area contributed by atoms with E-state index in [0.717, 1.165) is 16.7 Å². The van der Waals surface area contributed by atoms with Gasteiger partial charge >= 0.3 is 18.2 Å². The van der Waals surface area contributed by atoms with E-state index in [1.807, 2.05) is 6.92 Å². The Balaban J connectivity index is 1.63. The number of ether oxygens (including phenoxy) is 1. The summed E-state index contributed by atoms with van der Waals surface area (Å²) in [7, 11) is 0. The molecule has 0 aliphatic carbocycles. The summed E-state index contributed by atoms with van der Waals surface area (Å²) in [5.41, 5.74) is -1.31. The van der Waals surface area contributed by atoms with Crippen LogP contribution >= 0.6 is 11.3 Å². The van der Waals surface area contributed by atoms with Crippen molar-refractivity contribution in [3.63, 3.8) is 0 Å². The third-order valence-corrected chi connectivity index (χ3v) is 7.99. The number of carboxylic acid groups (broad SMARTS) is 1. The molecule has 0 spiro atoms.